The Kier molecular flexibility index (Phi) is 5.89. The maximum atomic E-state index is 12.6. The maximum absolute atomic E-state index is 12.6. The highest BCUT2D eigenvalue weighted by molar-refractivity contribution is 5.92. The number of nitrogens with zero attached hydrogens (tertiary/aromatic N) is 2. The van der Waals surface area contributed by atoms with Crippen molar-refractivity contribution in [1.82, 2.24) is 9.88 Å². The van der Waals surface area contributed by atoms with Gasteiger partial charge in [-0.05, 0) is 62.8 Å². The fourth-order valence-electron chi connectivity index (χ4n) is 3.13. The molecule has 6 heteroatoms. The second-order valence-corrected chi connectivity index (χ2v) is 7.11. The molecule has 2 aliphatic carbocycles. The van der Waals surface area contributed by atoms with E-state index in [9.17, 15) is 4.79 Å². The van der Waals surface area contributed by atoms with Gasteiger partial charge in [-0.15, -0.1) is 0 Å². The van der Waals surface area contributed by atoms with Crippen molar-refractivity contribution in [2.75, 3.05) is 19.7 Å². The van der Waals surface area contributed by atoms with E-state index in [1.54, 1.807) is 0 Å². The monoisotopic (exact) mass is 345 g/mol. The average molecular weight is 345 g/mol. The summed E-state index contributed by atoms with van der Waals surface area (Å²) in [5, 5.41) is 0. The van der Waals surface area contributed by atoms with Crippen LogP contribution in [0.5, 0.6) is 5.88 Å². The lowest BCUT2D eigenvalue weighted by Gasteiger charge is -2.26. The number of carbonyl (C=O) groups excluding carboxylic acids is 2. The number of nitrogens with two attached hydrogens (primary N) is 1. The molecule has 1 aromatic heterocycles. The second kappa shape index (κ2) is 8.32. The molecular weight excluding hydrogens is 318 g/mol. The van der Waals surface area contributed by atoms with Crippen LogP contribution in [0, 0.1) is 5.92 Å². The van der Waals surface area contributed by atoms with Crippen molar-refractivity contribution < 1.29 is 14.3 Å². The number of pyridine rings is 1. The maximum Gasteiger partial charge on any atom is 0.272 e. The first kappa shape index (κ1) is 17.7. The van der Waals surface area contributed by atoms with Crippen molar-refractivity contribution in [2.24, 2.45) is 11.7 Å². The van der Waals surface area contributed by atoms with Gasteiger partial charge in [0.05, 0.1) is 6.61 Å². The van der Waals surface area contributed by atoms with Gasteiger partial charge in [-0.3, -0.25) is 9.59 Å². The minimum atomic E-state index is 0.0679. The standard InChI is InChI=1S/C18H24N2O2.CH3NO/c21-18(20-10-2-1-3-11-20)16-9-8-15(14-6-7-14)17(19-16)22-12-13-4-5-13;2-1-3/h8-9,13-14H,1-7,10-12H2;1H,(H2,2,3). The first-order chi connectivity index (χ1) is 12.2. The summed E-state index contributed by atoms with van der Waals surface area (Å²) < 4.78 is 5.96. The van der Waals surface area contributed by atoms with Crippen molar-refractivity contribution in [3.63, 3.8) is 0 Å². The highest BCUT2D eigenvalue weighted by atomic mass is 16.5. The SMILES string of the molecule is NC=O.O=C(c1ccc(C2CC2)c(OCC2CC2)n1)N1CCCCC1. The van der Waals surface area contributed by atoms with Crippen LogP contribution in [-0.4, -0.2) is 41.9 Å². The molecule has 0 spiro atoms. The number of hydrogen-bond acceptors (Lipinski definition) is 4. The van der Waals surface area contributed by atoms with Crippen molar-refractivity contribution in [3.05, 3.63) is 23.4 Å². The normalized spacial score (nSPS) is 19.6. The van der Waals surface area contributed by atoms with Crippen LogP contribution in [-0.2, 0) is 4.79 Å². The minimum Gasteiger partial charge on any atom is -0.477 e. The number of carbonyl (C=O) groups is 2. The molecule has 3 aliphatic rings. The molecule has 2 amide bonds. The largest absolute Gasteiger partial charge is 0.477 e. The molecule has 0 atom stereocenters. The Hall–Kier alpha value is -2.11. The zero-order valence-corrected chi connectivity index (χ0v) is 14.7. The summed E-state index contributed by atoms with van der Waals surface area (Å²) in [5.74, 6) is 2.09. The molecule has 0 aromatic carbocycles. The highest BCUT2D eigenvalue weighted by Gasteiger charge is 2.30. The molecule has 25 heavy (non-hydrogen) atoms. The molecule has 136 valence electrons. The van der Waals surface area contributed by atoms with E-state index in [0.717, 1.165) is 38.4 Å². The van der Waals surface area contributed by atoms with Crippen molar-refractivity contribution in [3.8, 4) is 5.88 Å². The minimum absolute atomic E-state index is 0.0679. The van der Waals surface area contributed by atoms with Crippen molar-refractivity contribution >= 4 is 12.3 Å². The summed E-state index contributed by atoms with van der Waals surface area (Å²) in [6.45, 7) is 2.49. The Morgan fingerprint density at radius 2 is 1.88 bits per heavy atom. The van der Waals surface area contributed by atoms with E-state index in [1.807, 2.05) is 11.0 Å². The molecule has 1 aliphatic heterocycles. The Balaban J connectivity index is 0.000000569. The molecule has 6 nitrogen and oxygen atoms in total. The molecule has 3 fully saturated rings. The van der Waals surface area contributed by atoms with E-state index in [4.69, 9.17) is 9.53 Å². The van der Waals surface area contributed by atoms with Crippen LogP contribution in [0.1, 0.15) is 66.9 Å². The number of hydrogen-bond donors (Lipinski definition) is 1. The average Bonchev–Trinajstić information content (AvgIpc) is 3.54. The molecule has 2 N–H and O–H groups in total. The molecule has 2 heterocycles. The third-order valence-corrected chi connectivity index (χ3v) is 4.92. The molecule has 1 aromatic rings. The summed E-state index contributed by atoms with van der Waals surface area (Å²) in [7, 11) is 0. The van der Waals surface area contributed by atoms with E-state index in [1.165, 1.54) is 37.7 Å². The molecule has 2 saturated carbocycles. The van der Waals surface area contributed by atoms with E-state index in [2.05, 4.69) is 16.8 Å². The fourth-order valence-corrected chi connectivity index (χ4v) is 3.13. The Bertz CT molecular complexity index is 606. The van der Waals surface area contributed by atoms with E-state index in [-0.39, 0.29) is 12.3 Å². The van der Waals surface area contributed by atoms with Gasteiger partial charge in [0.2, 0.25) is 12.3 Å². The summed E-state index contributed by atoms with van der Waals surface area (Å²) in [4.78, 5) is 27.7. The first-order valence-corrected chi connectivity index (χ1v) is 9.31. The number of aromatic nitrogens is 1. The van der Waals surface area contributed by atoms with E-state index in [0.29, 0.717) is 17.5 Å². The number of amides is 2. The van der Waals surface area contributed by atoms with Crippen LogP contribution in [0.3, 0.4) is 0 Å². The zero-order valence-electron chi connectivity index (χ0n) is 14.7. The fraction of sp³-hybridized carbons (Fsp3) is 0.632. The lowest BCUT2D eigenvalue weighted by Crippen LogP contribution is -2.36. The number of rotatable bonds is 5. The van der Waals surface area contributed by atoms with Crippen LogP contribution >= 0.6 is 0 Å². The van der Waals surface area contributed by atoms with Crippen LogP contribution in [0.4, 0.5) is 0 Å². The Labute approximate surface area is 148 Å². The van der Waals surface area contributed by atoms with Gasteiger partial charge in [-0.25, -0.2) is 4.98 Å². The number of ether oxygens (including phenoxy) is 1. The lowest BCUT2D eigenvalue weighted by molar-refractivity contribution is -0.106. The third kappa shape index (κ3) is 4.94. The van der Waals surface area contributed by atoms with Crippen LogP contribution in [0.25, 0.3) is 0 Å². The second-order valence-electron chi connectivity index (χ2n) is 7.11. The van der Waals surface area contributed by atoms with Gasteiger partial charge in [0.25, 0.3) is 5.91 Å². The predicted molar refractivity (Wildman–Crippen MR) is 94.4 cm³/mol. The Morgan fingerprint density at radius 1 is 1.20 bits per heavy atom. The summed E-state index contributed by atoms with van der Waals surface area (Å²) in [6.07, 6.45) is 8.68. The van der Waals surface area contributed by atoms with Gasteiger partial charge in [0, 0.05) is 18.7 Å². The van der Waals surface area contributed by atoms with Crippen LogP contribution in [0.15, 0.2) is 12.1 Å². The molecule has 1 saturated heterocycles. The lowest BCUT2D eigenvalue weighted by atomic mass is 10.1. The van der Waals surface area contributed by atoms with E-state index >= 15 is 0 Å². The smallest absolute Gasteiger partial charge is 0.272 e. The summed E-state index contributed by atoms with van der Waals surface area (Å²) in [5.41, 5.74) is 5.92. The third-order valence-electron chi connectivity index (χ3n) is 4.92. The van der Waals surface area contributed by atoms with Gasteiger partial charge in [-0.2, -0.15) is 0 Å². The Morgan fingerprint density at radius 3 is 2.48 bits per heavy atom. The molecule has 0 unspecified atom stereocenters. The van der Waals surface area contributed by atoms with Gasteiger partial charge in [0.15, 0.2) is 0 Å². The first-order valence-electron chi connectivity index (χ1n) is 9.31. The quantitative estimate of drug-likeness (QED) is 0.831. The topological polar surface area (TPSA) is 85.5 Å². The number of likely N-dealkylation sites (tertiary alicyclic amines) is 1. The van der Waals surface area contributed by atoms with Crippen LogP contribution < -0.4 is 10.5 Å². The van der Waals surface area contributed by atoms with Crippen molar-refractivity contribution in [2.45, 2.75) is 50.9 Å². The van der Waals surface area contributed by atoms with Gasteiger partial charge < -0.3 is 15.4 Å². The summed E-state index contributed by atoms with van der Waals surface area (Å²) in [6, 6.07) is 3.97. The molecular formula is C19H27N3O3. The number of primary amides is 1. The van der Waals surface area contributed by atoms with Crippen molar-refractivity contribution in [1.29, 1.82) is 0 Å². The zero-order chi connectivity index (χ0) is 17.6. The van der Waals surface area contributed by atoms with Gasteiger partial charge in [0.1, 0.15) is 5.69 Å². The molecule has 4 rings (SSSR count). The van der Waals surface area contributed by atoms with Crippen LogP contribution in [0.2, 0.25) is 0 Å². The predicted octanol–water partition coefficient (Wildman–Crippen LogP) is 2.48. The molecule has 0 bridgehead atoms. The number of piperidine rings is 1. The summed E-state index contributed by atoms with van der Waals surface area (Å²) >= 11 is 0. The van der Waals surface area contributed by atoms with Gasteiger partial charge in [-0.1, -0.05) is 6.07 Å². The highest BCUT2D eigenvalue weighted by Crippen LogP contribution is 2.44. The van der Waals surface area contributed by atoms with E-state index < -0.39 is 0 Å². The van der Waals surface area contributed by atoms with Gasteiger partial charge >= 0.3 is 0 Å². The molecule has 0 radical (unpaired) electrons.